The lowest BCUT2D eigenvalue weighted by atomic mass is 9.93. The molecule has 0 fully saturated rings. The van der Waals surface area contributed by atoms with Gasteiger partial charge in [-0.25, -0.2) is 14.6 Å². The highest BCUT2D eigenvalue weighted by Crippen LogP contribution is 2.38. The molecule has 5 aromatic rings. The molecule has 6 rings (SSSR count). The fourth-order valence-electron chi connectivity index (χ4n) is 5.78. The largest absolute Gasteiger partial charge is 0.493 e. The quantitative estimate of drug-likeness (QED) is 0.173. The molecule has 0 radical (unpaired) electrons. The van der Waals surface area contributed by atoms with Crippen molar-refractivity contribution in [1.29, 1.82) is 0 Å². The van der Waals surface area contributed by atoms with Gasteiger partial charge in [-0.2, -0.15) is 0 Å². The Morgan fingerprint density at radius 1 is 0.863 bits per heavy atom. The number of carbonyl (C=O) groups is 2. The minimum absolute atomic E-state index is 0.123. The lowest BCUT2D eigenvalue weighted by molar-refractivity contribution is -0.138. The normalized spacial score (nSPS) is 14.0. The first-order valence-corrected chi connectivity index (χ1v) is 16.7. The summed E-state index contributed by atoms with van der Waals surface area (Å²) in [4.78, 5) is 44.8. The van der Waals surface area contributed by atoms with Gasteiger partial charge in [0.15, 0.2) is 27.8 Å². The summed E-state index contributed by atoms with van der Waals surface area (Å²) in [5, 5.41) is 9.31. The van der Waals surface area contributed by atoms with Crippen LogP contribution in [-0.2, 0) is 16.1 Å². The molecule has 11 nitrogen and oxygen atoms in total. The van der Waals surface area contributed by atoms with Crippen molar-refractivity contribution < 1.29 is 38.4 Å². The summed E-state index contributed by atoms with van der Waals surface area (Å²) in [5.41, 5.74) is 3.06. The summed E-state index contributed by atoms with van der Waals surface area (Å²) in [6.07, 6.45) is 1.73. The van der Waals surface area contributed by atoms with Crippen LogP contribution in [0, 0.1) is 0 Å². The van der Waals surface area contributed by atoms with E-state index < -0.39 is 18.0 Å². The van der Waals surface area contributed by atoms with Crippen LogP contribution in [0.1, 0.15) is 45.6 Å². The molecular weight excluding hydrogens is 673 g/mol. The molecule has 1 N–H and O–H groups in total. The molecule has 0 saturated heterocycles. The second-order valence-electron chi connectivity index (χ2n) is 11.3. The van der Waals surface area contributed by atoms with E-state index in [1.54, 1.807) is 67.6 Å². The standard InChI is InChI=1S/C39H34N2O9S/c1-5-49-38(45)33-34(25-11-7-6-8-12-25)40-39-41(35(33)26-15-17-28(46-2)31(21-26)48-4)36(42)32(51-39)20-23-14-16-29(30(19-23)47-3)50-22-24-10-9-13-27(18-24)37(43)44/h6-21,35H,5,22H2,1-4H3,(H,43,44)/b32-20-/t35-/m0/s1. The van der Waals surface area contributed by atoms with Crippen molar-refractivity contribution in [1.82, 2.24) is 4.57 Å². The van der Waals surface area contributed by atoms with E-state index in [0.29, 0.717) is 60.3 Å². The smallest absolute Gasteiger partial charge is 0.338 e. The number of ether oxygens (including phenoxy) is 5. The number of rotatable bonds is 12. The third kappa shape index (κ3) is 7.12. The summed E-state index contributed by atoms with van der Waals surface area (Å²) in [6, 6.07) is 25.4. The number of hydrogen-bond acceptors (Lipinski definition) is 10. The van der Waals surface area contributed by atoms with Crippen LogP contribution in [0.3, 0.4) is 0 Å². The molecule has 12 heteroatoms. The van der Waals surface area contributed by atoms with Gasteiger partial charge in [0.1, 0.15) is 6.61 Å². The summed E-state index contributed by atoms with van der Waals surface area (Å²) in [6.45, 7) is 1.98. The SMILES string of the molecule is CCOC(=O)C1=C(c2ccccc2)N=c2s/c(=C\c3ccc(OCc4cccc(C(=O)O)c4)c(OC)c3)c(=O)n2[C@H]1c1ccc(OC)c(OC)c1. The molecule has 0 bridgehead atoms. The predicted molar refractivity (Wildman–Crippen MR) is 191 cm³/mol. The monoisotopic (exact) mass is 706 g/mol. The second-order valence-corrected chi connectivity index (χ2v) is 12.3. The molecule has 2 heterocycles. The topological polar surface area (TPSA) is 135 Å². The van der Waals surface area contributed by atoms with Crippen LogP contribution < -0.4 is 33.8 Å². The van der Waals surface area contributed by atoms with E-state index in [2.05, 4.69) is 0 Å². The minimum atomic E-state index is -1.02. The first-order chi connectivity index (χ1) is 24.8. The molecule has 0 amide bonds. The van der Waals surface area contributed by atoms with Crippen LogP contribution in [-0.4, -0.2) is 49.5 Å². The maximum absolute atomic E-state index is 14.4. The number of methoxy groups -OCH3 is 3. The lowest BCUT2D eigenvalue weighted by Gasteiger charge is -2.26. The van der Waals surface area contributed by atoms with E-state index in [1.807, 2.05) is 30.3 Å². The van der Waals surface area contributed by atoms with Gasteiger partial charge in [-0.05, 0) is 66.1 Å². The number of benzene rings is 4. The Hall–Kier alpha value is -6.14. The van der Waals surface area contributed by atoms with Crippen molar-refractivity contribution in [2.24, 2.45) is 4.99 Å². The van der Waals surface area contributed by atoms with Gasteiger partial charge in [-0.15, -0.1) is 0 Å². The molecular formula is C39H34N2O9S. The highest BCUT2D eigenvalue weighted by molar-refractivity contribution is 7.07. The number of thiazole rings is 1. The molecule has 0 aliphatic carbocycles. The summed E-state index contributed by atoms with van der Waals surface area (Å²) < 4.78 is 30.1. The van der Waals surface area contributed by atoms with Gasteiger partial charge < -0.3 is 28.8 Å². The molecule has 0 spiro atoms. The van der Waals surface area contributed by atoms with E-state index in [1.165, 1.54) is 43.3 Å². The fraction of sp³-hybridized carbons (Fsp3) is 0.179. The third-order valence-corrected chi connectivity index (χ3v) is 9.13. The average Bonchev–Trinajstić information content (AvgIpc) is 3.47. The van der Waals surface area contributed by atoms with Crippen molar-refractivity contribution in [2.45, 2.75) is 19.6 Å². The van der Waals surface area contributed by atoms with Gasteiger partial charge in [-0.3, -0.25) is 9.36 Å². The fourth-order valence-corrected chi connectivity index (χ4v) is 6.78. The molecule has 1 atom stereocenters. The van der Waals surface area contributed by atoms with Gasteiger partial charge in [0, 0.05) is 5.56 Å². The highest BCUT2D eigenvalue weighted by Gasteiger charge is 2.35. The van der Waals surface area contributed by atoms with Gasteiger partial charge in [0.2, 0.25) is 0 Å². The lowest BCUT2D eigenvalue weighted by Crippen LogP contribution is -2.40. The molecule has 260 valence electrons. The molecule has 1 aliphatic rings. The van der Waals surface area contributed by atoms with Gasteiger partial charge in [0.05, 0.1) is 55.3 Å². The molecule has 1 aromatic heterocycles. The van der Waals surface area contributed by atoms with E-state index in [4.69, 9.17) is 28.7 Å². The number of aromatic carboxylic acids is 1. The average molecular weight is 707 g/mol. The number of carboxylic acids is 1. The maximum atomic E-state index is 14.4. The highest BCUT2D eigenvalue weighted by atomic mass is 32.1. The Morgan fingerprint density at radius 3 is 2.29 bits per heavy atom. The third-order valence-electron chi connectivity index (χ3n) is 8.15. The van der Waals surface area contributed by atoms with Crippen molar-refractivity contribution in [3.05, 3.63) is 144 Å². The predicted octanol–water partition coefficient (Wildman–Crippen LogP) is 5.24. The van der Waals surface area contributed by atoms with Crippen LogP contribution in [0.5, 0.6) is 23.0 Å². The number of nitrogens with zero attached hydrogens (tertiary/aromatic N) is 2. The van der Waals surface area contributed by atoms with Crippen LogP contribution in [0.25, 0.3) is 11.8 Å². The summed E-state index contributed by atoms with van der Waals surface area (Å²) in [7, 11) is 4.56. The molecule has 0 saturated carbocycles. The zero-order chi connectivity index (χ0) is 36.1. The number of esters is 1. The Kier molecular flexibility index (Phi) is 10.3. The van der Waals surface area contributed by atoms with Crippen molar-refractivity contribution in [2.75, 3.05) is 27.9 Å². The first-order valence-electron chi connectivity index (χ1n) is 15.9. The number of carboxylic acid groups (broad SMARTS) is 1. The Labute approximate surface area is 296 Å². The van der Waals surface area contributed by atoms with Gasteiger partial charge in [0.25, 0.3) is 5.56 Å². The number of aromatic nitrogens is 1. The van der Waals surface area contributed by atoms with Crippen LogP contribution in [0.15, 0.2) is 106 Å². The molecule has 1 aliphatic heterocycles. The van der Waals surface area contributed by atoms with Gasteiger partial charge in [-0.1, -0.05) is 65.9 Å². The van der Waals surface area contributed by atoms with E-state index in [9.17, 15) is 19.5 Å². The first kappa shape index (κ1) is 34.7. The molecule has 0 unspecified atom stereocenters. The van der Waals surface area contributed by atoms with E-state index >= 15 is 0 Å². The second kappa shape index (κ2) is 15.2. The summed E-state index contributed by atoms with van der Waals surface area (Å²) in [5.74, 6) is 0.176. The van der Waals surface area contributed by atoms with Crippen molar-refractivity contribution >= 4 is 35.0 Å². The van der Waals surface area contributed by atoms with Crippen molar-refractivity contribution in [3.63, 3.8) is 0 Å². The Morgan fingerprint density at radius 2 is 1.59 bits per heavy atom. The molecule has 4 aromatic carbocycles. The maximum Gasteiger partial charge on any atom is 0.338 e. The zero-order valence-electron chi connectivity index (χ0n) is 28.2. The summed E-state index contributed by atoms with van der Waals surface area (Å²) >= 11 is 1.19. The van der Waals surface area contributed by atoms with Gasteiger partial charge >= 0.3 is 11.9 Å². The number of fused-ring (bicyclic) bond motifs is 1. The van der Waals surface area contributed by atoms with Crippen molar-refractivity contribution in [3.8, 4) is 23.0 Å². The number of hydrogen-bond donors (Lipinski definition) is 1. The number of carbonyl (C=O) groups excluding carboxylic acids is 1. The van der Waals surface area contributed by atoms with E-state index in [-0.39, 0.29) is 29.9 Å². The zero-order valence-corrected chi connectivity index (χ0v) is 29.1. The molecule has 51 heavy (non-hydrogen) atoms. The van der Waals surface area contributed by atoms with E-state index in [0.717, 1.165) is 0 Å². The Balaban J connectivity index is 1.47. The van der Waals surface area contributed by atoms with Crippen LogP contribution >= 0.6 is 11.3 Å². The van der Waals surface area contributed by atoms with Crippen LogP contribution in [0.4, 0.5) is 0 Å². The minimum Gasteiger partial charge on any atom is -0.493 e. The van der Waals surface area contributed by atoms with Crippen LogP contribution in [0.2, 0.25) is 0 Å². The Bertz CT molecular complexity index is 2330.